The van der Waals surface area contributed by atoms with Crippen molar-refractivity contribution < 1.29 is 17.2 Å². The minimum Gasteiger partial charge on any atom is -0.340 e. The second kappa shape index (κ2) is 9.17. The number of halogens is 2. The van der Waals surface area contributed by atoms with Crippen LogP contribution in [0.5, 0.6) is 0 Å². The zero-order valence-corrected chi connectivity index (χ0v) is 18.1. The van der Waals surface area contributed by atoms with Crippen LogP contribution in [0.25, 0.3) is 0 Å². The van der Waals surface area contributed by atoms with Gasteiger partial charge in [-0.1, -0.05) is 6.07 Å². The molecule has 0 saturated heterocycles. The Hall–Kier alpha value is -4.12. The molecule has 0 bridgehead atoms. The van der Waals surface area contributed by atoms with Gasteiger partial charge in [0, 0.05) is 23.6 Å². The second-order valence-corrected chi connectivity index (χ2v) is 8.56. The zero-order valence-electron chi connectivity index (χ0n) is 17.3. The van der Waals surface area contributed by atoms with Gasteiger partial charge in [-0.2, -0.15) is 0 Å². The summed E-state index contributed by atoms with van der Waals surface area (Å²) in [7, 11) is -4.30. The van der Waals surface area contributed by atoms with Gasteiger partial charge in [0.05, 0.1) is 0 Å². The van der Waals surface area contributed by atoms with Crippen molar-refractivity contribution in [2.45, 2.75) is 11.8 Å². The van der Waals surface area contributed by atoms with Crippen molar-refractivity contribution in [3.8, 4) is 0 Å². The molecule has 0 aliphatic heterocycles. The Bertz CT molecular complexity index is 1380. The molecular formula is C22H18F2N6O2S. The van der Waals surface area contributed by atoms with Crippen LogP contribution < -0.4 is 15.4 Å². The van der Waals surface area contributed by atoms with Gasteiger partial charge in [0.25, 0.3) is 10.0 Å². The van der Waals surface area contributed by atoms with E-state index in [2.05, 4.69) is 30.3 Å². The third-order valence-electron chi connectivity index (χ3n) is 4.35. The molecule has 33 heavy (non-hydrogen) atoms. The Kier molecular flexibility index (Phi) is 6.13. The molecule has 8 nitrogen and oxygen atoms in total. The summed E-state index contributed by atoms with van der Waals surface area (Å²) in [6.07, 6.45) is 1.66. The Labute approximate surface area is 188 Å². The van der Waals surface area contributed by atoms with Gasteiger partial charge >= 0.3 is 0 Å². The molecule has 0 saturated carbocycles. The molecule has 0 spiro atoms. The van der Waals surface area contributed by atoms with Crippen LogP contribution in [0.15, 0.2) is 77.8 Å². The lowest BCUT2D eigenvalue weighted by atomic mass is 10.3. The molecule has 0 amide bonds. The van der Waals surface area contributed by atoms with Gasteiger partial charge in [-0.25, -0.2) is 32.2 Å². The molecule has 0 radical (unpaired) electrons. The molecular weight excluding hydrogens is 450 g/mol. The van der Waals surface area contributed by atoms with Crippen molar-refractivity contribution >= 4 is 38.9 Å². The zero-order chi connectivity index (χ0) is 23.4. The molecule has 4 aromatic rings. The lowest BCUT2D eigenvalue weighted by molar-refractivity contribution is 0.555. The number of nitrogens with zero attached hydrogens (tertiary/aromatic N) is 3. The van der Waals surface area contributed by atoms with Crippen LogP contribution in [-0.2, 0) is 10.0 Å². The van der Waals surface area contributed by atoms with E-state index in [-0.39, 0.29) is 5.69 Å². The topological polar surface area (TPSA) is 109 Å². The van der Waals surface area contributed by atoms with Gasteiger partial charge in [-0.3, -0.25) is 4.72 Å². The summed E-state index contributed by atoms with van der Waals surface area (Å²) in [5, 5.41) is 6.20. The lowest BCUT2D eigenvalue weighted by Gasteiger charge is -2.12. The van der Waals surface area contributed by atoms with E-state index < -0.39 is 26.6 Å². The fraction of sp³-hybridized carbons (Fsp3) is 0.0455. The number of hydrogen-bond donors (Lipinski definition) is 3. The van der Waals surface area contributed by atoms with Crippen LogP contribution >= 0.6 is 0 Å². The highest BCUT2D eigenvalue weighted by atomic mass is 32.2. The first-order valence-corrected chi connectivity index (χ1v) is 11.2. The average molecular weight is 468 g/mol. The van der Waals surface area contributed by atoms with Crippen molar-refractivity contribution in [2.24, 2.45) is 0 Å². The van der Waals surface area contributed by atoms with Crippen molar-refractivity contribution in [3.05, 3.63) is 90.4 Å². The minimum absolute atomic E-state index is 0.181. The third-order valence-corrected chi connectivity index (χ3v) is 5.75. The number of rotatable bonds is 7. The number of anilines is 5. The van der Waals surface area contributed by atoms with Crippen LogP contribution in [0.4, 0.5) is 37.6 Å². The van der Waals surface area contributed by atoms with Gasteiger partial charge in [0.2, 0.25) is 0 Å². The summed E-state index contributed by atoms with van der Waals surface area (Å²) in [6.45, 7) is 1.75. The van der Waals surface area contributed by atoms with Crippen molar-refractivity contribution in [1.82, 2.24) is 15.0 Å². The van der Waals surface area contributed by atoms with E-state index >= 15 is 0 Å². The summed E-state index contributed by atoms with van der Waals surface area (Å²) >= 11 is 0. The van der Waals surface area contributed by atoms with E-state index in [9.17, 15) is 17.2 Å². The maximum atomic E-state index is 13.9. The van der Waals surface area contributed by atoms with Gasteiger partial charge in [-0.15, -0.1) is 0 Å². The molecule has 0 atom stereocenters. The highest BCUT2D eigenvalue weighted by molar-refractivity contribution is 7.92. The van der Waals surface area contributed by atoms with E-state index in [1.54, 1.807) is 37.4 Å². The summed E-state index contributed by atoms with van der Waals surface area (Å²) in [4.78, 5) is 12.1. The number of nitrogens with one attached hydrogen (secondary N) is 3. The monoisotopic (exact) mass is 468 g/mol. The lowest BCUT2D eigenvalue weighted by Crippen LogP contribution is -2.15. The average Bonchev–Trinajstić information content (AvgIpc) is 2.77. The molecule has 2 aromatic heterocycles. The largest absolute Gasteiger partial charge is 0.340 e. The molecule has 4 rings (SSSR count). The summed E-state index contributed by atoms with van der Waals surface area (Å²) in [5.41, 5.74) is 0.803. The molecule has 0 aliphatic rings. The maximum Gasteiger partial charge on any atom is 0.264 e. The molecule has 168 valence electrons. The molecule has 11 heteroatoms. The van der Waals surface area contributed by atoms with Gasteiger partial charge in [0.1, 0.15) is 39.8 Å². The first-order valence-electron chi connectivity index (χ1n) is 9.67. The number of hydrogen-bond acceptors (Lipinski definition) is 7. The highest BCUT2D eigenvalue weighted by Crippen LogP contribution is 2.23. The molecule has 0 aliphatic carbocycles. The molecule has 0 fully saturated rings. The maximum absolute atomic E-state index is 13.9. The summed E-state index contributed by atoms with van der Waals surface area (Å²) in [6, 6.07) is 15.6. The first-order chi connectivity index (χ1) is 15.8. The van der Waals surface area contributed by atoms with Gasteiger partial charge in [-0.05, 0) is 61.5 Å². The minimum atomic E-state index is -4.30. The van der Waals surface area contributed by atoms with Crippen LogP contribution in [0.2, 0.25) is 0 Å². The fourth-order valence-electron chi connectivity index (χ4n) is 2.93. The number of pyridine rings is 1. The van der Waals surface area contributed by atoms with Crippen LogP contribution in [0.1, 0.15) is 5.82 Å². The van der Waals surface area contributed by atoms with Crippen molar-refractivity contribution in [1.29, 1.82) is 0 Å². The normalized spacial score (nSPS) is 11.1. The Morgan fingerprint density at radius 3 is 2.18 bits per heavy atom. The smallest absolute Gasteiger partial charge is 0.264 e. The number of benzene rings is 2. The van der Waals surface area contributed by atoms with Crippen LogP contribution in [-0.4, -0.2) is 23.4 Å². The van der Waals surface area contributed by atoms with Crippen molar-refractivity contribution in [2.75, 3.05) is 15.4 Å². The Morgan fingerprint density at radius 1 is 0.788 bits per heavy atom. The molecule has 0 unspecified atom stereocenters. The highest BCUT2D eigenvalue weighted by Gasteiger charge is 2.20. The van der Waals surface area contributed by atoms with E-state index in [1.165, 1.54) is 12.1 Å². The van der Waals surface area contributed by atoms with Crippen LogP contribution in [0.3, 0.4) is 0 Å². The Balaban J connectivity index is 1.48. The molecule has 2 aromatic carbocycles. The number of sulfonamides is 1. The van der Waals surface area contributed by atoms with Gasteiger partial charge in [0.15, 0.2) is 0 Å². The predicted octanol–water partition coefficient (Wildman–Crippen LogP) is 4.75. The molecule has 3 N–H and O–H groups in total. The summed E-state index contributed by atoms with van der Waals surface area (Å²) in [5.74, 6) is 0.318. The quantitative estimate of drug-likeness (QED) is 0.359. The van der Waals surface area contributed by atoms with Crippen LogP contribution in [0, 0.1) is 18.6 Å². The number of aryl methyl sites for hydroxylation is 1. The van der Waals surface area contributed by atoms with Crippen molar-refractivity contribution in [3.63, 3.8) is 0 Å². The standard InChI is InChI=1S/C22H18F2N6O2S/c1-14-26-21(13-22(27-14)29-20-4-2-3-11-25-20)28-16-6-8-17(9-7-16)30-33(31,32)19-12-15(23)5-10-18(19)24/h2-13,30H,1H3,(H2,25,26,27,28,29). The summed E-state index contributed by atoms with van der Waals surface area (Å²) < 4.78 is 54.3. The predicted molar refractivity (Wildman–Crippen MR) is 121 cm³/mol. The van der Waals surface area contributed by atoms with E-state index in [0.717, 1.165) is 12.1 Å². The Morgan fingerprint density at radius 2 is 1.48 bits per heavy atom. The fourth-order valence-corrected chi connectivity index (χ4v) is 4.08. The SMILES string of the molecule is Cc1nc(Nc2ccc(NS(=O)(=O)c3cc(F)ccc3F)cc2)cc(Nc2ccccn2)n1. The first kappa shape index (κ1) is 22.1. The third kappa shape index (κ3) is 5.57. The van der Waals surface area contributed by atoms with E-state index in [4.69, 9.17) is 0 Å². The van der Waals surface area contributed by atoms with Gasteiger partial charge < -0.3 is 10.6 Å². The van der Waals surface area contributed by atoms with E-state index in [0.29, 0.717) is 35.0 Å². The van der Waals surface area contributed by atoms with E-state index in [1.807, 2.05) is 12.1 Å². The second-order valence-electron chi connectivity index (χ2n) is 6.91. The molecule has 2 heterocycles. The number of aromatic nitrogens is 3.